The Kier molecular flexibility index (Phi) is 2.64. The molecule has 1 aliphatic heterocycles. The van der Waals surface area contributed by atoms with Gasteiger partial charge in [0.05, 0.1) is 4.47 Å². The summed E-state index contributed by atoms with van der Waals surface area (Å²) in [4.78, 5) is 14.3. The number of nitrogens with zero attached hydrogens (tertiary/aromatic N) is 1. The fourth-order valence-corrected chi connectivity index (χ4v) is 2.88. The summed E-state index contributed by atoms with van der Waals surface area (Å²) < 4.78 is 25.0. The normalized spacial score (nSPS) is 19.0. The second kappa shape index (κ2) is 4.07. The molecule has 0 aromatic heterocycles. The predicted molar refractivity (Wildman–Crippen MR) is 63.9 cm³/mol. The average Bonchev–Trinajstić information content (AvgIpc) is 2.77. The summed E-state index contributed by atoms with van der Waals surface area (Å²) in [5, 5.41) is 0. The molecular weight excluding hydrogens is 305 g/mol. The van der Waals surface area contributed by atoms with Gasteiger partial charge in [-0.1, -0.05) is 0 Å². The van der Waals surface area contributed by atoms with Crippen LogP contribution < -0.4 is 9.47 Å². The number of aliphatic imine (C=N–C) groups is 1. The standard InChI is InChI=1S/C12H9BrFNO3/c13-9-10(14)7(4-8-11(9)18-6-17-8)12(15-5-16)2-1-3-12/h4H,1-3,6H2. The topological polar surface area (TPSA) is 47.9 Å². The van der Waals surface area contributed by atoms with Gasteiger partial charge in [0.1, 0.15) is 11.4 Å². The van der Waals surface area contributed by atoms with Gasteiger partial charge in [-0.15, -0.1) is 0 Å². The summed E-state index contributed by atoms with van der Waals surface area (Å²) in [7, 11) is 0. The molecule has 1 heterocycles. The predicted octanol–water partition coefficient (Wildman–Crippen LogP) is 3.03. The molecule has 0 radical (unpaired) electrons. The molecule has 0 N–H and O–H groups in total. The maximum atomic E-state index is 14.3. The molecule has 4 nitrogen and oxygen atoms in total. The van der Waals surface area contributed by atoms with E-state index in [0.29, 0.717) is 29.9 Å². The van der Waals surface area contributed by atoms with E-state index in [-0.39, 0.29) is 11.3 Å². The van der Waals surface area contributed by atoms with Crippen LogP contribution in [0.1, 0.15) is 24.8 Å². The van der Waals surface area contributed by atoms with E-state index in [1.807, 2.05) is 0 Å². The van der Waals surface area contributed by atoms with Crippen molar-refractivity contribution in [1.29, 1.82) is 0 Å². The molecule has 1 aromatic carbocycles. The Morgan fingerprint density at radius 3 is 2.83 bits per heavy atom. The second-order valence-corrected chi connectivity index (χ2v) is 5.17. The van der Waals surface area contributed by atoms with Crippen molar-refractivity contribution in [2.24, 2.45) is 4.99 Å². The molecule has 94 valence electrons. The smallest absolute Gasteiger partial charge is 0.235 e. The Morgan fingerprint density at radius 2 is 2.22 bits per heavy atom. The summed E-state index contributed by atoms with van der Waals surface area (Å²) in [6, 6.07) is 1.57. The lowest BCUT2D eigenvalue weighted by molar-refractivity contribution is 0.173. The number of halogens is 2. The number of fused-ring (bicyclic) bond motifs is 1. The summed E-state index contributed by atoms with van der Waals surface area (Å²) in [6.07, 6.45) is 3.75. The maximum absolute atomic E-state index is 14.3. The number of hydrogen-bond acceptors (Lipinski definition) is 4. The summed E-state index contributed by atoms with van der Waals surface area (Å²) in [5.41, 5.74) is -0.414. The van der Waals surface area contributed by atoms with E-state index in [2.05, 4.69) is 20.9 Å². The van der Waals surface area contributed by atoms with E-state index in [0.717, 1.165) is 6.42 Å². The molecule has 3 rings (SSSR count). The van der Waals surface area contributed by atoms with Crippen LogP contribution in [0.2, 0.25) is 0 Å². The van der Waals surface area contributed by atoms with Crippen LogP contribution >= 0.6 is 15.9 Å². The molecule has 0 spiro atoms. The first-order valence-electron chi connectivity index (χ1n) is 5.55. The Bertz CT molecular complexity index is 565. The highest BCUT2D eigenvalue weighted by Gasteiger charge is 2.43. The number of carbonyl (C=O) groups excluding carboxylic acids is 1. The minimum Gasteiger partial charge on any atom is -0.454 e. The molecule has 0 saturated heterocycles. The van der Waals surface area contributed by atoms with E-state index >= 15 is 0 Å². The van der Waals surface area contributed by atoms with Crippen LogP contribution in [0.25, 0.3) is 0 Å². The van der Waals surface area contributed by atoms with Crippen LogP contribution in [0.3, 0.4) is 0 Å². The Balaban J connectivity index is 2.18. The highest BCUT2D eigenvalue weighted by atomic mass is 79.9. The third-order valence-corrected chi connectivity index (χ3v) is 4.20. The molecule has 0 atom stereocenters. The Hall–Kier alpha value is -1.39. The molecule has 18 heavy (non-hydrogen) atoms. The van der Waals surface area contributed by atoms with Crippen molar-refractivity contribution in [3.05, 3.63) is 21.9 Å². The number of hydrogen-bond donors (Lipinski definition) is 0. The lowest BCUT2D eigenvalue weighted by atomic mass is 9.72. The molecule has 1 aromatic rings. The van der Waals surface area contributed by atoms with Gasteiger partial charge >= 0.3 is 0 Å². The van der Waals surface area contributed by atoms with Crippen LogP contribution in [-0.4, -0.2) is 12.9 Å². The van der Waals surface area contributed by atoms with Crippen molar-refractivity contribution in [2.45, 2.75) is 24.8 Å². The van der Waals surface area contributed by atoms with E-state index in [4.69, 9.17) is 9.47 Å². The van der Waals surface area contributed by atoms with Gasteiger partial charge in [-0.3, -0.25) is 0 Å². The monoisotopic (exact) mass is 313 g/mol. The van der Waals surface area contributed by atoms with Crippen molar-refractivity contribution in [1.82, 2.24) is 0 Å². The zero-order chi connectivity index (χ0) is 12.8. The Morgan fingerprint density at radius 1 is 1.44 bits per heavy atom. The van der Waals surface area contributed by atoms with Gasteiger partial charge in [0.15, 0.2) is 11.5 Å². The number of ether oxygens (including phenoxy) is 2. The van der Waals surface area contributed by atoms with Gasteiger partial charge in [-0.2, -0.15) is 4.99 Å². The molecule has 1 aliphatic carbocycles. The zero-order valence-corrected chi connectivity index (χ0v) is 10.9. The highest BCUT2D eigenvalue weighted by molar-refractivity contribution is 9.10. The fourth-order valence-electron chi connectivity index (χ4n) is 2.36. The van der Waals surface area contributed by atoms with E-state index in [9.17, 15) is 9.18 Å². The number of benzene rings is 1. The zero-order valence-electron chi connectivity index (χ0n) is 9.33. The largest absolute Gasteiger partial charge is 0.454 e. The van der Waals surface area contributed by atoms with Gasteiger partial charge in [0.25, 0.3) is 0 Å². The lowest BCUT2D eigenvalue weighted by Gasteiger charge is -2.37. The minimum atomic E-state index is -0.782. The first kappa shape index (κ1) is 11.7. The van der Waals surface area contributed by atoms with Crippen molar-refractivity contribution in [3.8, 4) is 11.5 Å². The van der Waals surface area contributed by atoms with Crippen LogP contribution in [0, 0.1) is 5.82 Å². The van der Waals surface area contributed by atoms with Crippen LogP contribution in [0.15, 0.2) is 15.5 Å². The molecule has 0 amide bonds. The van der Waals surface area contributed by atoms with Gasteiger partial charge in [0.2, 0.25) is 12.9 Å². The molecule has 1 fully saturated rings. The third-order valence-electron chi connectivity index (χ3n) is 3.49. The molecule has 6 heteroatoms. The first-order valence-corrected chi connectivity index (χ1v) is 6.34. The van der Waals surface area contributed by atoms with E-state index in [1.54, 1.807) is 12.1 Å². The minimum absolute atomic E-state index is 0.0702. The van der Waals surface area contributed by atoms with Gasteiger partial charge in [-0.05, 0) is 41.3 Å². The lowest BCUT2D eigenvalue weighted by Crippen LogP contribution is -2.33. The van der Waals surface area contributed by atoms with Crippen LogP contribution in [0.4, 0.5) is 4.39 Å². The summed E-state index contributed by atoms with van der Waals surface area (Å²) in [6.45, 7) is 0.0702. The van der Waals surface area contributed by atoms with E-state index < -0.39 is 11.4 Å². The molecule has 2 aliphatic rings. The van der Waals surface area contributed by atoms with Crippen molar-refractivity contribution in [3.63, 3.8) is 0 Å². The Labute approximate surface area is 111 Å². The second-order valence-electron chi connectivity index (χ2n) is 4.37. The quantitative estimate of drug-likeness (QED) is 0.623. The number of isocyanates is 1. The van der Waals surface area contributed by atoms with Crippen molar-refractivity contribution < 1.29 is 18.7 Å². The van der Waals surface area contributed by atoms with Gasteiger partial charge < -0.3 is 9.47 Å². The van der Waals surface area contributed by atoms with E-state index in [1.165, 1.54) is 0 Å². The summed E-state index contributed by atoms with van der Waals surface area (Å²) >= 11 is 3.16. The molecule has 0 unspecified atom stereocenters. The highest BCUT2D eigenvalue weighted by Crippen LogP contribution is 2.51. The average molecular weight is 314 g/mol. The third kappa shape index (κ3) is 1.49. The van der Waals surface area contributed by atoms with Gasteiger partial charge in [-0.25, -0.2) is 9.18 Å². The molecule has 1 saturated carbocycles. The number of rotatable bonds is 2. The SMILES string of the molecule is O=C=NC1(c2cc3c(c(Br)c2F)OCO3)CCC1. The molecule has 0 bridgehead atoms. The molecular formula is C12H9BrFNO3. The fraction of sp³-hybridized carbons (Fsp3) is 0.417. The van der Waals surface area contributed by atoms with Crippen molar-refractivity contribution >= 4 is 22.0 Å². The maximum Gasteiger partial charge on any atom is 0.235 e. The van der Waals surface area contributed by atoms with Crippen molar-refractivity contribution in [2.75, 3.05) is 6.79 Å². The van der Waals surface area contributed by atoms with Crippen LogP contribution in [0.5, 0.6) is 11.5 Å². The first-order chi connectivity index (χ1) is 8.68. The van der Waals surface area contributed by atoms with Crippen LogP contribution in [-0.2, 0) is 10.3 Å². The van der Waals surface area contributed by atoms with Gasteiger partial charge in [0, 0.05) is 5.56 Å². The summed E-state index contributed by atoms with van der Waals surface area (Å²) in [5.74, 6) is 0.393.